The van der Waals surface area contributed by atoms with Crippen molar-refractivity contribution in [2.24, 2.45) is 5.92 Å². The summed E-state index contributed by atoms with van der Waals surface area (Å²) in [5.74, 6) is 0.544. The van der Waals surface area contributed by atoms with E-state index in [4.69, 9.17) is 11.6 Å². The number of rotatable bonds is 6. The molecule has 0 aliphatic heterocycles. The third kappa shape index (κ3) is 4.41. The van der Waals surface area contributed by atoms with Crippen molar-refractivity contribution in [3.8, 4) is 0 Å². The van der Waals surface area contributed by atoms with E-state index in [1.54, 1.807) is 6.08 Å². The lowest BCUT2D eigenvalue weighted by Gasteiger charge is -2.31. The highest BCUT2D eigenvalue weighted by molar-refractivity contribution is 6.31. The van der Waals surface area contributed by atoms with Crippen molar-refractivity contribution in [3.63, 3.8) is 0 Å². The fourth-order valence-corrected chi connectivity index (χ4v) is 3.81. The van der Waals surface area contributed by atoms with Crippen LogP contribution in [0.5, 0.6) is 0 Å². The van der Waals surface area contributed by atoms with Crippen molar-refractivity contribution in [2.45, 2.75) is 78.9 Å². The van der Waals surface area contributed by atoms with Gasteiger partial charge in [0.1, 0.15) is 5.15 Å². The molecule has 24 heavy (non-hydrogen) atoms. The molecule has 1 aliphatic carbocycles. The minimum atomic E-state index is 0.0731. The molecule has 134 valence electrons. The van der Waals surface area contributed by atoms with Crippen molar-refractivity contribution in [1.29, 1.82) is 0 Å². The Kier molecular flexibility index (Phi) is 6.50. The Balaban J connectivity index is 2.16. The molecule has 0 radical (unpaired) electrons. The van der Waals surface area contributed by atoms with E-state index in [0.29, 0.717) is 17.1 Å². The van der Waals surface area contributed by atoms with Crippen LogP contribution in [0.2, 0.25) is 5.15 Å². The van der Waals surface area contributed by atoms with Gasteiger partial charge >= 0.3 is 0 Å². The van der Waals surface area contributed by atoms with Crippen LogP contribution < -0.4 is 0 Å². The number of aromatic nitrogens is 2. The summed E-state index contributed by atoms with van der Waals surface area (Å²) in [5.41, 5.74) is 1.71. The lowest BCUT2D eigenvalue weighted by molar-refractivity contribution is -0.130. The standard InChI is InChI=1S/C19H30ClN3O/c1-13(2)12-22-19(20)17(15(5)21-22)10-11-18(24)23(14(3)4)16-8-6-7-9-16/h10-11,13-14,16H,6-9,12H2,1-5H3/b11-10+. The molecule has 0 saturated heterocycles. The Bertz CT molecular complexity index is 598. The SMILES string of the molecule is Cc1nn(CC(C)C)c(Cl)c1/C=C/C(=O)N(C(C)C)C1CCCC1. The second-order valence-electron chi connectivity index (χ2n) is 7.48. The molecular formula is C19H30ClN3O. The van der Waals surface area contributed by atoms with Crippen LogP contribution in [0.25, 0.3) is 6.08 Å². The highest BCUT2D eigenvalue weighted by Crippen LogP contribution is 2.26. The van der Waals surface area contributed by atoms with Gasteiger partial charge in [-0.15, -0.1) is 0 Å². The number of amides is 1. The molecule has 1 aromatic heterocycles. The molecule has 2 rings (SSSR count). The maximum Gasteiger partial charge on any atom is 0.247 e. The van der Waals surface area contributed by atoms with Crippen LogP contribution in [0, 0.1) is 12.8 Å². The maximum absolute atomic E-state index is 12.7. The zero-order valence-corrected chi connectivity index (χ0v) is 16.3. The summed E-state index contributed by atoms with van der Waals surface area (Å²) in [6.07, 6.45) is 8.16. The third-order valence-corrected chi connectivity index (χ3v) is 4.97. The summed E-state index contributed by atoms with van der Waals surface area (Å²) >= 11 is 6.45. The molecule has 1 aliphatic rings. The average Bonchev–Trinajstić information content (AvgIpc) is 3.07. The van der Waals surface area contributed by atoms with E-state index in [-0.39, 0.29) is 11.9 Å². The normalized spacial score (nSPS) is 16.0. The summed E-state index contributed by atoms with van der Waals surface area (Å²) in [7, 11) is 0. The zero-order valence-electron chi connectivity index (χ0n) is 15.6. The van der Waals surface area contributed by atoms with Gasteiger partial charge in [0.15, 0.2) is 0 Å². The van der Waals surface area contributed by atoms with Crippen molar-refractivity contribution in [1.82, 2.24) is 14.7 Å². The van der Waals surface area contributed by atoms with E-state index >= 15 is 0 Å². The maximum atomic E-state index is 12.7. The van der Waals surface area contributed by atoms with Gasteiger partial charge in [0, 0.05) is 30.3 Å². The van der Waals surface area contributed by atoms with E-state index in [1.807, 2.05) is 22.6 Å². The number of carbonyl (C=O) groups is 1. The molecule has 0 bridgehead atoms. The molecule has 0 aromatic carbocycles. The van der Waals surface area contributed by atoms with Crippen LogP contribution >= 0.6 is 11.6 Å². The summed E-state index contributed by atoms with van der Waals surface area (Å²) in [4.78, 5) is 14.7. The fourth-order valence-electron chi connectivity index (χ4n) is 3.50. The number of aryl methyl sites for hydroxylation is 1. The molecule has 5 heteroatoms. The number of nitrogens with zero attached hydrogens (tertiary/aromatic N) is 3. The number of carbonyl (C=O) groups excluding carboxylic acids is 1. The molecule has 1 amide bonds. The largest absolute Gasteiger partial charge is 0.334 e. The van der Waals surface area contributed by atoms with Gasteiger partial charge in [0.05, 0.1) is 5.69 Å². The molecule has 0 atom stereocenters. The summed E-state index contributed by atoms with van der Waals surface area (Å²) in [6.45, 7) is 11.2. The minimum absolute atomic E-state index is 0.0731. The van der Waals surface area contributed by atoms with Gasteiger partial charge in [-0.2, -0.15) is 5.10 Å². The van der Waals surface area contributed by atoms with Crippen LogP contribution in [0.3, 0.4) is 0 Å². The topological polar surface area (TPSA) is 38.1 Å². The van der Waals surface area contributed by atoms with Crippen molar-refractivity contribution in [3.05, 3.63) is 22.5 Å². The van der Waals surface area contributed by atoms with Gasteiger partial charge in [-0.1, -0.05) is 38.3 Å². The molecule has 0 N–H and O–H groups in total. The van der Waals surface area contributed by atoms with Crippen molar-refractivity contribution >= 4 is 23.6 Å². The molecule has 4 nitrogen and oxygen atoms in total. The molecule has 1 heterocycles. The summed E-state index contributed by atoms with van der Waals surface area (Å²) in [5, 5.41) is 5.11. The van der Waals surface area contributed by atoms with Gasteiger partial charge < -0.3 is 4.90 Å². The van der Waals surface area contributed by atoms with Crippen LogP contribution in [0.4, 0.5) is 0 Å². The van der Waals surface area contributed by atoms with E-state index in [9.17, 15) is 4.79 Å². The van der Waals surface area contributed by atoms with Gasteiger partial charge in [-0.3, -0.25) is 9.48 Å². The summed E-state index contributed by atoms with van der Waals surface area (Å²) in [6, 6.07) is 0.591. The van der Waals surface area contributed by atoms with Crippen molar-refractivity contribution < 1.29 is 4.79 Å². The Morgan fingerprint density at radius 2 is 1.96 bits per heavy atom. The Morgan fingerprint density at radius 1 is 1.33 bits per heavy atom. The molecular weight excluding hydrogens is 322 g/mol. The van der Waals surface area contributed by atoms with Crippen LogP contribution in [-0.2, 0) is 11.3 Å². The first-order chi connectivity index (χ1) is 11.3. The molecule has 1 saturated carbocycles. The monoisotopic (exact) mass is 351 g/mol. The van der Waals surface area contributed by atoms with Gasteiger partial charge in [0.25, 0.3) is 0 Å². The molecule has 0 spiro atoms. The van der Waals surface area contributed by atoms with E-state index in [2.05, 4.69) is 32.8 Å². The highest BCUT2D eigenvalue weighted by Gasteiger charge is 2.27. The fraction of sp³-hybridized carbons (Fsp3) is 0.684. The Morgan fingerprint density at radius 3 is 2.50 bits per heavy atom. The number of hydrogen-bond acceptors (Lipinski definition) is 2. The van der Waals surface area contributed by atoms with Crippen molar-refractivity contribution in [2.75, 3.05) is 0 Å². The second-order valence-corrected chi connectivity index (χ2v) is 7.83. The predicted octanol–water partition coefficient (Wildman–Crippen LogP) is 4.69. The van der Waals surface area contributed by atoms with E-state index < -0.39 is 0 Å². The van der Waals surface area contributed by atoms with Crippen LogP contribution in [0.15, 0.2) is 6.08 Å². The first-order valence-electron chi connectivity index (χ1n) is 9.04. The first kappa shape index (κ1) is 19.0. The molecule has 0 unspecified atom stereocenters. The lowest BCUT2D eigenvalue weighted by Crippen LogP contribution is -2.42. The second kappa shape index (κ2) is 8.19. The Labute approximate surface area is 150 Å². The number of hydrogen-bond donors (Lipinski definition) is 0. The highest BCUT2D eigenvalue weighted by atomic mass is 35.5. The van der Waals surface area contributed by atoms with Gasteiger partial charge in [-0.05, 0) is 45.6 Å². The van der Waals surface area contributed by atoms with Crippen LogP contribution in [0.1, 0.15) is 64.6 Å². The average molecular weight is 352 g/mol. The van der Waals surface area contributed by atoms with E-state index in [0.717, 1.165) is 30.6 Å². The first-order valence-corrected chi connectivity index (χ1v) is 9.42. The Hall–Kier alpha value is -1.29. The smallest absolute Gasteiger partial charge is 0.247 e. The number of halogens is 1. The van der Waals surface area contributed by atoms with Crippen LogP contribution in [-0.4, -0.2) is 32.7 Å². The lowest BCUT2D eigenvalue weighted by atomic mass is 10.1. The van der Waals surface area contributed by atoms with Gasteiger partial charge in [0.2, 0.25) is 5.91 Å². The minimum Gasteiger partial charge on any atom is -0.334 e. The molecule has 1 aromatic rings. The third-order valence-electron chi connectivity index (χ3n) is 4.57. The summed E-state index contributed by atoms with van der Waals surface area (Å²) < 4.78 is 1.82. The zero-order chi connectivity index (χ0) is 17.9. The quantitative estimate of drug-likeness (QED) is 0.697. The molecule has 1 fully saturated rings. The predicted molar refractivity (Wildman–Crippen MR) is 100 cm³/mol. The van der Waals surface area contributed by atoms with Gasteiger partial charge in [-0.25, -0.2) is 0 Å². The van der Waals surface area contributed by atoms with E-state index in [1.165, 1.54) is 12.8 Å².